The fourth-order valence-electron chi connectivity index (χ4n) is 2.66. The van der Waals surface area contributed by atoms with Gasteiger partial charge in [0.2, 0.25) is 0 Å². The van der Waals surface area contributed by atoms with Gasteiger partial charge >= 0.3 is 0 Å². The Bertz CT molecular complexity index is 728. The van der Waals surface area contributed by atoms with Gasteiger partial charge in [0.1, 0.15) is 13.1 Å². The molecule has 2 heterocycles. The summed E-state index contributed by atoms with van der Waals surface area (Å²) >= 11 is 0. The molecule has 0 atom stereocenters. The molecule has 0 aliphatic rings. The smallest absolute Gasteiger partial charge is 0.279 e. The number of rotatable bonds is 7. The van der Waals surface area contributed by atoms with E-state index in [0.29, 0.717) is 19.6 Å². The highest BCUT2D eigenvalue weighted by molar-refractivity contribution is 5.91. The first-order valence-electron chi connectivity index (χ1n) is 7.94. The van der Waals surface area contributed by atoms with Crippen LogP contribution in [-0.4, -0.2) is 12.5 Å². The predicted octanol–water partition coefficient (Wildman–Crippen LogP) is 2.40. The number of nitrogens with one attached hydrogen (secondary N) is 2. The molecule has 0 saturated carbocycles. The summed E-state index contributed by atoms with van der Waals surface area (Å²) in [5.41, 5.74) is 1.93. The van der Waals surface area contributed by atoms with Crippen molar-refractivity contribution in [1.82, 2.24) is 0 Å². The molecule has 5 nitrogen and oxygen atoms in total. The van der Waals surface area contributed by atoms with Crippen molar-refractivity contribution in [3.63, 3.8) is 0 Å². The van der Waals surface area contributed by atoms with Crippen LogP contribution in [0.4, 0.5) is 5.69 Å². The highest BCUT2D eigenvalue weighted by Crippen LogP contribution is 2.09. The van der Waals surface area contributed by atoms with E-state index in [0.717, 1.165) is 27.7 Å². The minimum atomic E-state index is -0.0336. The van der Waals surface area contributed by atoms with Gasteiger partial charge in [0.15, 0.2) is 18.1 Å². The zero-order valence-electron chi connectivity index (χ0n) is 13.6. The van der Waals surface area contributed by atoms with Crippen LogP contribution < -0.4 is 10.2 Å². The number of benzene rings is 1. The first-order valence-corrected chi connectivity index (χ1v) is 7.94. The molecule has 0 saturated heterocycles. The SMILES string of the molecule is Cc1cccc(NC(=O)C[NH+](Cc2ccco2)Cc2ccco2)c1. The molecule has 0 aliphatic carbocycles. The molecule has 2 N–H and O–H groups in total. The van der Waals surface area contributed by atoms with Crippen LogP contribution in [0.1, 0.15) is 17.1 Å². The molecule has 2 aromatic heterocycles. The zero-order valence-corrected chi connectivity index (χ0v) is 13.6. The lowest BCUT2D eigenvalue weighted by atomic mass is 10.2. The molecule has 0 bridgehead atoms. The summed E-state index contributed by atoms with van der Waals surface area (Å²) in [4.78, 5) is 13.4. The van der Waals surface area contributed by atoms with Crippen molar-refractivity contribution < 1.29 is 18.5 Å². The maximum Gasteiger partial charge on any atom is 0.279 e. The average molecular weight is 325 g/mol. The number of hydrogen-bond acceptors (Lipinski definition) is 3. The molecule has 5 heteroatoms. The highest BCUT2D eigenvalue weighted by atomic mass is 16.3. The zero-order chi connectivity index (χ0) is 16.8. The molecule has 0 spiro atoms. The average Bonchev–Trinajstić information content (AvgIpc) is 3.21. The molecular weight excluding hydrogens is 304 g/mol. The van der Waals surface area contributed by atoms with E-state index in [4.69, 9.17) is 8.83 Å². The van der Waals surface area contributed by atoms with Crippen molar-refractivity contribution in [2.45, 2.75) is 20.0 Å². The summed E-state index contributed by atoms with van der Waals surface area (Å²) in [6.45, 7) is 3.57. The van der Waals surface area contributed by atoms with Crippen LogP contribution in [0.15, 0.2) is 69.9 Å². The Morgan fingerprint density at radius 1 is 1.00 bits per heavy atom. The second kappa shape index (κ2) is 7.66. The van der Waals surface area contributed by atoms with Gasteiger partial charge in [-0.25, -0.2) is 0 Å². The Hall–Kier alpha value is -2.79. The van der Waals surface area contributed by atoms with Crippen LogP contribution in [-0.2, 0) is 17.9 Å². The van der Waals surface area contributed by atoms with Crippen molar-refractivity contribution in [3.05, 3.63) is 78.1 Å². The molecule has 3 rings (SSSR count). The van der Waals surface area contributed by atoms with Crippen LogP contribution in [0, 0.1) is 6.92 Å². The number of carbonyl (C=O) groups excluding carboxylic acids is 1. The summed E-state index contributed by atoms with van der Waals surface area (Å²) < 4.78 is 10.8. The number of aryl methyl sites for hydroxylation is 1. The second-order valence-electron chi connectivity index (χ2n) is 5.86. The van der Waals surface area contributed by atoms with Crippen LogP contribution in [0.3, 0.4) is 0 Å². The fourth-order valence-corrected chi connectivity index (χ4v) is 2.66. The third kappa shape index (κ3) is 4.60. The van der Waals surface area contributed by atoms with Gasteiger partial charge < -0.3 is 19.1 Å². The van der Waals surface area contributed by atoms with Crippen molar-refractivity contribution in [2.75, 3.05) is 11.9 Å². The molecule has 124 valence electrons. The molecule has 0 unspecified atom stereocenters. The van der Waals surface area contributed by atoms with E-state index in [9.17, 15) is 4.79 Å². The van der Waals surface area contributed by atoms with Crippen molar-refractivity contribution in [1.29, 1.82) is 0 Å². The number of anilines is 1. The topological polar surface area (TPSA) is 59.8 Å². The summed E-state index contributed by atoms with van der Waals surface area (Å²) in [6, 6.07) is 15.3. The van der Waals surface area contributed by atoms with Crippen molar-refractivity contribution in [3.8, 4) is 0 Å². The number of amides is 1. The number of hydrogen-bond donors (Lipinski definition) is 2. The number of furan rings is 2. The largest absolute Gasteiger partial charge is 0.463 e. The molecule has 24 heavy (non-hydrogen) atoms. The van der Waals surface area contributed by atoms with Crippen LogP contribution in [0.25, 0.3) is 0 Å². The Kier molecular flexibility index (Phi) is 5.13. The van der Waals surface area contributed by atoms with Gasteiger partial charge in [0, 0.05) is 5.69 Å². The third-order valence-electron chi connectivity index (χ3n) is 3.72. The standard InChI is InChI=1S/C19H20N2O3/c1-15-5-2-6-16(11-15)20-19(22)14-21(12-17-7-3-9-23-17)13-18-8-4-10-24-18/h2-11H,12-14H2,1H3,(H,20,22)/p+1. The fraction of sp³-hybridized carbons (Fsp3) is 0.211. The van der Waals surface area contributed by atoms with Crippen molar-refractivity contribution >= 4 is 11.6 Å². The van der Waals surface area contributed by atoms with Gasteiger partial charge in [-0.05, 0) is 48.9 Å². The minimum Gasteiger partial charge on any atom is -0.463 e. The normalized spacial score (nSPS) is 10.9. The van der Waals surface area contributed by atoms with E-state index in [1.165, 1.54) is 0 Å². The molecular formula is C19H21N2O3+. The Morgan fingerprint density at radius 2 is 1.67 bits per heavy atom. The Morgan fingerprint density at radius 3 is 2.21 bits per heavy atom. The molecule has 0 radical (unpaired) electrons. The van der Waals surface area contributed by atoms with Gasteiger partial charge in [0.05, 0.1) is 12.5 Å². The number of carbonyl (C=O) groups is 1. The maximum atomic E-state index is 12.4. The van der Waals surface area contributed by atoms with E-state index >= 15 is 0 Å². The van der Waals surface area contributed by atoms with Crippen LogP contribution in [0.5, 0.6) is 0 Å². The van der Waals surface area contributed by atoms with Gasteiger partial charge in [-0.15, -0.1) is 0 Å². The van der Waals surface area contributed by atoms with Gasteiger partial charge in [0.25, 0.3) is 5.91 Å². The first kappa shape index (κ1) is 16.1. The minimum absolute atomic E-state index is 0.0336. The summed E-state index contributed by atoms with van der Waals surface area (Å²) in [5, 5.41) is 2.95. The van der Waals surface area contributed by atoms with Crippen LogP contribution >= 0.6 is 0 Å². The summed E-state index contributed by atoms with van der Waals surface area (Å²) in [7, 11) is 0. The molecule has 3 aromatic rings. The Labute approximate surface area is 140 Å². The van der Waals surface area contributed by atoms with E-state index in [2.05, 4.69) is 5.32 Å². The lowest BCUT2D eigenvalue weighted by molar-refractivity contribution is -0.921. The lowest BCUT2D eigenvalue weighted by Crippen LogP contribution is -3.10. The van der Waals surface area contributed by atoms with E-state index < -0.39 is 0 Å². The monoisotopic (exact) mass is 325 g/mol. The van der Waals surface area contributed by atoms with E-state index in [-0.39, 0.29) is 5.91 Å². The molecule has 0 fully saturated rings. The summed E-state index contributed by atoms with van der Waals surface area (Å²) in [5.74, 6) is 1.66. The van der Waals surface area contributed by atoms with Gasteiger partial charge in [-0.1, -0.05) is 12.1 Å². The number of quaternary nitrogens is 1. The lowest BCUT2D eigenvalue weighted by Gasteiger charge is -2.17. The third-order valence-corrected chi connectivity index (χ3v) is 3.72. The first-order chi connectivity index (χ1) is 11.7. The Balaban J connectivity index is 1.64. The van der Waals surface area contributed by atoms with E-state index in [1.54, 1.807) is 12.5 Å². The molecule has 0 aliphatic heterocycles. The van der Waals surface area contributed by atoms with E-state index in [1.807, 2.05) is 55.5 Å². The summed E-state index contributed by atoms with van der Waals surface area (Å²) in [6.07, 6.45) is 3.29. The van der Waals surface area contributed by atoms with Crippen LogP contribution in [0.2, 0.25) is 0 Å². The maximum absolute atomic E-state index is 12.4. The predicted molar refractivity (Wildman–Crippen MR) is 90.5 cm³/mol. The van der Waals surface area contributed by atoms with Gasteiger partial charge in [-0.2, -0.15) is 0 Å². The van der Waals surface area contributed by atoms with Gasteiger partial charge in [-0.3, -0.25) is 4.79 Å². The quantitative estimate of drug-likeness (QED) is 0.701. The van der Waals surface area contributed by atoms with Crippen molar-refractivity contribution in [2.24, 2.45) is 0 Å². The molecule has 1 aromatic carbocycles. The second-order valence-corrected chi connectivity index (χ2v) is 5.86. The highest BCUT2D eigenvalue weighted by Gasteiger charge is 2.18. The molecule has 1 amide bonds.